The van der Waals surface area contributed by atoms with E-state index in [1.165, 1.54) is 0 Å². The lowest BCUT2D eigenvalue weighted by molar-refractivity contribution is 0.0698. The minimum atomic E-state index is -0.421. The van der Waals surface area contributed by atoms with E-state index in [1.807, 2.05) is 54.6 Å². The predicted octanol–water partition coefficient (Wildman–Crippen LogP) is 8.49. The molecule has 0 saturated carbocycles. The third kappa shape index (κ3) is 4.72. The molecular weight excluding hydrogens is 489 g/mol. The van der Waals surface area contributed by atoms with Crippen LogP contribution in [0.15, 0.2) is 72.9 Å². The number of nitrogens with zero attached hydrogens (tertiary/aromatic N) is 2. The highest BCUT2D eigenvalue weighted by atomic mass is 35.5. The Balaban J connectivity index is 1.71. The molecule has 4 aromatic rings. The first-order chi connectivity index (χ1) is 16.3. The summed E-state index contributed by atoms with van der Waals surface area (Å²) in [7, 11) is 0. The first kappa shape index (κ1) is 23.0. The Labute approximate surface area is 213 Å². The Morgan fingerprint density at radius 1 is 0.912 bits per heavy atom. The fourth-order valence-electron chi connectivity index (χ4n) is 4.24. The van der Waals surface area contributed by atoms with Crippen LogP contribution in [0.1, 0.15) is 31.9 Å². The van der Waals surface area contributed by atoms with Crippen molar-refractivity contribution < 1.29 is 4.74 Å². The van der Waals surface area contributed by atoms with Crippen molar-refractivity contribution in [2.24, 2.45) is 0 Å². The van der Waals surface area contributed by atoms with Gasteiger partial charge in [-0.1, -0.05) is 53.0 Å². The number of ether oxygens (including phenoxy) is 1. The molecule has 0 amide bonds. The first-order valence-electron chi connectivity index (χ1n) is 10.9. The van der Waals surface area contributed by atoms with E-state index < -0.39 is 5.60 Å². The molecule has 1 aliphatic heterocycles. The number of benzene rings is 2. The molecule has 0 fully saturated rings. The van der Waals surface area contributed by atoms with E-state index in [2.05, 4.69) is 30.2 Å². The summed E-state index contributed by atoms with van der Waals surface area (Å²) in [5.74, 6) is 1.37. The number of pyridine rings is 2. The zero-order valence-corrected chi connectivity index (χ0v) is 20.9. The average molecular weight is 511 g/mol. The maximum Gasteiger partial charge on any atom is 0.219 e. The lowest BCUT2D eigenvalue weighted by Gasteiger charge is -2.38. The quantitative estimate of drug-likeness (QED) is 0.299. The van der Waals surface area contributed by atoms with Crippen molar-refractivity contribution in [3.05, 3.63) is 93.6 Å². The van der Waals surface area contributed by atoms with Gasteiger partial charge in [0.1, 0.15) is 11.4 Å². The zero-order valence-electron chi connectivity index (χ0n) is 18.6. The van der Waals surface area contributed by atoms with Crippen molar-refractivity contribution in [3.8, 4) is 28.3 Å². The van der Waals surface area contributed by atoms with Gasteiger partial charge in [-0.25, -0.2) is 9.97 Å². The summed E-state index contributed by atoms with van der Waals surface area (Å²) in [6.45, 7) is 4.12. The van der Waals surface area contributed by atoms with Crippen LogP contribution in [0.25, 0.3) is 22.4 Å². The fraction of sp³-hybridized carbons (Fsp3) is 0.185. The summed E-state index contributed by atoms with van der Waals surface area (Å²) < 4.78 is 6.36. The monoisotopic (exact) mass is 509 g/mol. The van der Waals surface area contributed by atoms with Crippen LogP contribution in [-0.4, -0.2) is 15.6 Å². The molecule has 7 heteroatoms. The molecule has 3 heterocycles. The number of halogens is 3. The molecule has 0 radical (unpaired) electrons. The van der Waals surface area contributed by atoms with Crippen LogP contribution in [0.4, 0.5) is 5.82 Å². The molecule has 2 aromatic heterocycles. The maximum absolute atomic E-state index is 6.62. The number of aromatic nitrogens is 2. The normalized spacial score (nSPS) is 16.4. The van der Waals surface area contributed by atoms with Crippen LogP contribution >= 0.6 is 34.8 Å². The summed E-state index contributed by atoms with van der Waals surface area (Å²) in [5, 5.41) is 5.32. The minimum absolute atomic E-state index is 0.0399. The summed E-state index contributed by atoms with van der Waals surface area (Å²) in [6, 6.07) is 21.0. The van der Waals surface area contributed by atoms with Crippen molar-refractivity contribution in [3.63, 3.8) is 0 Å². The number of hydrogen-bond donors (Lipinski definition) is 1. The van der Waals surface area contributed by atoms with E-state index in [4.69, 9.17) is 44.5 Å². The van der Waals surface area contributed by atoms with Crippen LogP contribution in [0.5, 0.6) is 5.88 Å². The van der Waals surface area contributed by atoms with Gasteiger partial charge in [0, 0.05) is 39.4 Å². The number of hydrogen-bond acceptors (Lipinski definition) is 4. The Kier molecular flexibility index (Phi) is 6.15. The molecule has 0 spiro atoms. The van der Waals surface area contributed by atoms with Gasteiger partial charge >= 0.3 is 0 Å². The highest BCUT2D eigenvalue weighted by molar-refractivity contribution is 6.36. The van der Waals surface area contributed by atoms with Gasteiger partial charge in [-0.3, -0.25) is 0 Å². The highest BCUT2D eigenvalue weighted by Crippen LogP contribution is 2.45. The first-order valence-corrected chi connectivity index (χ1v) is 12.1. The fourth-order valence-corrected chi connectivity index (χ4v) is 4.86. The molecule has 1 atom stereocenters. The average Bonchev–Trinajstić information content (AvgIpc) is 2.79. The predicted molar refractivity (Wildman–Crippen MR) is 140 cm³/mol. The molecule has 5 rings (SSSR count). The van der Waals surface area contributed by atoms with E-state index in [0.29, 0.717) is 20.9 Å². The van der Waals surface area contributed by atoms with Gasteiger partial charge in [-0.15, -0.1) is 0 Å². The molecule has 2 aromatic carbocycles. The standard InChI is InChI=1S/C27H22Cl3N3O/c1-27(2)15-23(32-24-5-3-4-12-31-24)21-14-20(16-6-8-17(28)9-7-16)25(33-26(21)34-27)19-11-10-18(29)13-22(19)30/h3-14,23H,15H2,1-2H3,(H,31,32). The molecule has 0 saturated heterocycles. The number of nitrogens with one attached hydrogen (secondary N) is 1. The van der Waals surface area contributed by atoms with Gasteiger partial charge in [-0.2, -0.15) is 0 Å². The van der Waals surface area contributed by atoms with Gasteiger partial charge in [0.25, 0.3) is 0 Å². The van der Waals surface area contributed by atoms with Crippen LogP contribution in [-0.2, 0) is 0 Å². The Morgan fingerprint density at radius 2 is 1.68 bits per heavy atom. The van der Waals surface area contributed by atoms with Gasteiger partial charge < -0.3 is 10.1 Å². The second-order valence-electron chi connectivity index (χ2n) is 8.89. The lowest BCUT2D eigenvalue weighted by atomic mass is 9.88. The lowest BCUT2D eigenvalue weighted by Crippen LogP contribution is -2.37. The molecule has 1 aliphatic rings. The van der Waals surface area contributed by atoms with E-state index in [9.17, 15) is 0 Å². The molecule has 0 aliphatic carbocycles. The molecule has 172 valence electrons. The highest BCUT2D eigenvalue weighted by Gasteiger charge is 2.36. The van der Waals surface area contributed by atoms with Crippen LogP contribution in [0.3, 0.4) is 0 Å². The van der Waals surface area contributed by atoms with E-state index >= 15 is 0 Å². The van der Waals surface area contributed by atoms with Gasteiger partial charge in [0.2, 0.25) is 5.88 Å². The summed E-state index contributed by atoms with van der Waals surface area (Å²) in [6.07, 6.45) is 2.52. The van der Waals surface area contributed by atoms with Crippen molar-refractivity contribution in [2.75, 3.05) is 5.32 Å². The van der Waals surface area contributed by atoms with E-state index in [1.54, 1.807) is 12.3 Å². The SMILES string of the molecule is CC1(C)CC(Nc2ccccn2)c2cc(-c3ccc(Cl)cc3)c(-c3ccc(Cl)cc3Cl)nc2O1. The third-order valence-corrected chi connectivity index (χ3v) is 6.59. The largest absolute Gasteiger partial charge is 0.471 e. The second kappa shape index (κ2) is 9.10. The summed E-state index contributed by atoms with van der Waals surface area (Å²) >= 11 is 19.0. The molecule has 1 N–H and O–H groups in total. The second-order valence-corrected chi connectivity index (χ2v) is 10.2. The molecule has 34 heavy (non-hydrogen) atoms. The van der Waals surface area contributed by atoms with E-state index in [0.717, 1.165) is 40.2 Å². The number of rotatable bonds is 4. The molecule has 0 bridgehead atoms. The maximum atomic E-state index is 6.62. The van der Waals surface area contributed by atoms with Gasteiger partial charge in [0.05, 0.1) is 16.8 Å². The topological polar surface area (TPSA) is 47.0 Å². The van der Waals surface area contributed by atoms with Crippen LogP contribution < -0.4 is 10.1 Å². The summed E-state index contributed by atoms with van der Waals surface area (Å²) in [4.78, 5) is 9.47. The Bertz CT molecular complexity index is 1340. The Hall–Kier alpha value is -2.79. The third-order valence-electron chi connectivity index (χ3n) is 5.79. The molecular formula is C27H22Cl3N3O. The summed E-state index contributed by atoms with van der Waals surface area (Å²) in [5.41, 5.74) is 3.94. The minimum Gasteiger partial charge on any atom is -0.471 e. The van der Waals surface area contributed by atoms with Crippen LogP contribution in [0, 0.1) is 0 Å². The van der Waals surface area contributed by atoms with Crippen molar-refractivity contribution in [1.29, 1.82) is 0 Å². The Morgan fingerprint density at radius 3 is 2.38 bits per heavy atom. The molecule has 4 nitrogen and oxygen atoms in total. The number of anilines is 1. The zero-order chi connectivity index (χ0) is 23.9. The van der Waals surface area contributed by atoms with Crippen molar-refractivity contribution in [2.45, 2.75) is 31.9 Å². The van der Waals surface area contributed by atoms with Gasteiger partial charge in [0.15, 0.2) is 0 Å². The molecule has 1 unspecified atom stereocenters. The number of fused-ring (bicyclic) bond motifs is 1. The smallest absolute Gasteiger partial charge is 0.219 e. The van der Waals surface area contributed by atoms with Gasteiger partial charge in [-0.05, 0) is 67.9 Å². The van der Waals surface area contributed by atoms with Crippen LogP contribution in [0.2, 0.25) is 15.1 Å². The van der Waals surface area contributed by atoms with Crippen molar-refractivity contribution >= 4 is 40.6 Å². The van der Waals surface area contributed by atoms with Crippen molar-refractivity contribution in [1.82, 2.24) is 9.97 Å². The van der Waals surface area contributed by atoms with E-state index in [-0.39, 0.29) is 6.04 Å².